The molecule has 5 heteroatoms. The van der Waals surface area contributed by atoms with Crippen LogP contribution < -0.4 is 14.8 Å². The maximum Gasteiger partial charge on any atom is 0.161 e. The van der Waals surface area contributed by atoms with Crippen LogP contribution in [0.1, 0.15) is 16.7 Å². The van der Waals surface area contributed by atoms with Crippen molar-refractivity contribution in [2.45, 2.75) is 20.1 Å². The van der Waals surface area contributed by atoms with E-state index in [0.29, 0.717) is 6.61 Å². The lowest BCUT2D eigenvalue weighted by Gasteiger charge is -2.26. The molecule has 2 aromatic carbocycles. The monoisotopic (exact) mass is 370 g/mol. The second-order valence-corrected chi connectivity index (χ2v) is 6.89. The van der Waals surface area contributed by atoms with Crippen LogP contribution in [0.25, 0.3) is 0 Å². The minimum Gasteiger partial charge on any atom is -0.493 e. The lowest BCUT2D eigenvalue weighted by Crippen LogP contribution is -2.40. The summed E-state index contributed by atoms with van der Waals surface area (Å²) >= 11 is 0. The third-order valence-electron chi connectivity index (χ3n) is 4.74. The van der Waals surface area contributed by atoms with Gasteiger partial charge in [-0.2, -0.15) is 0 Å². The number of hydrogen-bond donors (Lipinski definition) is 1. The van der Waals surface area contributed by atoms with Crippen LogP contribution >= 0.6 is 0 Å². The normalized spacial score (nSPS) is 14.9. The van der Waals surface area contributed by atoms with Crippen molar-refractivity contribution >= 4 is 0 Å². The summed E-state index contributed by atoms with van der Waals surface area (Å²) < 4.78 is 16.9. The molecule has 0 unspecified atom stereocenters. The third kappa shape index (κ3) is 6.24. The van der Waals surface area contributed by atoms with Gasteiger partial charge in [-0.1, -0.05) is 35.9 Å². The lowest BCUT2D eigenvalue weighted by atomic mass is 10.1. The van der Waals surface area contributed by atoms with Gasteiger partial charge in [0.05, 0.1) is 20.3 Å². The van der Waals surface area contributed by atoms with E-state index in [0.717, 1.165) is 63.0 Å². The Hall–Kier alpha value is -2.08. The van der Waals surface area contributed by atoms with Gasteiger partial charge in [0.25, 0.3) is 0 Å². The van der Waals surface area contributed by atoms with E-state index >= 15 is 0 Å². The van der Waals surface area contributed by atoms with Crippen LogP contribution in [0.15, 0.2) is 42.5 Å². The van der Waals surface area contributed by atoms with Gasteiger partial charge in [-0.05, 0) is 30.2 Å². The first kappa shape index (κ1) is 19.7. The van der Waals surface area contributed by atoms with Crippen molar-refractivity contribution in [3.05, 3.63) is 59.2 Å². The van der Waals surface area contributed by atoms with Gasteiger partial charge >= 0.3 is 0 Å². The van der Waals surface area contributed by atoms with E-state index < -0.39 is 0 Å². The molecule has 5 nitrogen and oxygen atoms in total. The van der Waals surface area contributed by atoms with E-state index in [1.165, 1.54) is 11.1 Å². The molecule has 1 heterocycles. The second-order valence-electron chi connectivity index (χ2n) is 6.89. The number of rotatable bonds is 9. The zero-order chi connectivity index (χ0) is 18.9. The smallest absolute Gasteiger partial charge is 0.161 e. The first-order valence-corrected chi connectivity index (χ1v) is 9.60. The summed E-state index contributed by atoms with van der Waals surface area (Å²) in [6, 6.07) is 14.5. The van der Waals surface area contributed by atoms with Crippen molar-refractivity contribution in [3.8, 4) is 11.5 Å². The Kier molecular flexibility index (Phi) is 7.51. The van der Waals surface area contributed by atoms with Crippen LogP contribution in [0.4, 0.5) is 0 Å². The van der Waals surface area contributed by atoms with Crippen molar-refractivity contribution < 1.29 is 14.2 Å². The Bertz CT molecular complexity index is 714. The molecule has 1 fully saturated rings. The zero-order valence-electron chi connectivity index (χ0n) is 16.4. The molecule has 27 heavy (non-hydrogen) atoms. The summed E-state index contributed by atoms with van der Waals surface area (Å²) in [5.41, 5.74) is 3.59. The summed E-state index contributed by atoms with van der Waals surface area (Å²) in [5.74, 6) is 1.55. The first-order valence-electron chi connectivity index (χ1n) is 9.60. The fraction of sp³-hybridized carbons (Fsp3) is 0.455. The Morgan fingerprint density at radius 3 is 2.67 bits per heavy atom. The zero-order valence-corrected chi connectivity index (χ0v) is 16.4. The van der Waals surface area contributed by atoms with Crippen LogP contribution in [0, 0.1) is 6.92 Å². The van der Waals surface area contributed by atoms with Gasteiger partial charge in [0, 0.05) is 32.7 Å². The molecule has 3 rings (SSSR count). The van der Waals surface area contributed by atoms with E-state index in [-0.39, 0.29) is 0 Å². The molecule has 1 aliphatic rings. The summed E-state index contributed by atoms with van der Waals surface area (Å²) in [4.78, 5) is 2.43. The lowest BCUT2D eigenvalue weighted by molar-refractivity contribution is 0.0384. The van der Waals surface area contributed by atoms with E-state index in [1.807, 2.05) is 12.1 Å². The molecule has 0 amide bonds. The molecule has 1 N–H and O–H groups in total. The van der Waals surface area contributed by atoms with Crippen LogP contribution in [0.2, 0.25) is 0 Å². The topological polar surface area (TPSA) is 43.0 Å². The van der Waals surface area contributed by atoms with Crippen LogP contribution in [0.3, 0.4) is 0 Å². The minimum absolute atomic E-state index is 0.537. The highest BCUT2D eigenvalue weighted by molar-refractivity contribution is 5.43. The highest BCUT2D eigenvalue weighted by atomic mass is 16.5. The molecule has 2 aromatic rings. The molecule has 1 saturated heterocycles. The Morgan fingerprint density at radius 2 is 1.89 bits per heavy atom. The average molecular weight is 370 g/mol. The molecule has 0 atom stereocenters. The van der Waals surface area contributed by atoms with Crippen LogP contribution in [-0.4, -0.2) is 51.4 Å². The van der Waals surface area contributed by atoms with Gasteiger partial charge in [0.15, 0.2) is 11.5 Å². The number of benzene rings is 2. The summed E-state index contributed by atoms with van der Waals surface area (Å²) in [6.07, 6.45) is 0. The fourth-order valence-corrected chi connectivity index (χ4v) is 3.20. The van der Waals surface area contributed by atoms with E-state index in [1.54, 1.807) is 7.11 Å². The number of methoxy groups -OCH3 is 1. The molecular weight excluding hydrogens is 340 g/mol. The van der Waals surface area contributed by atoms with Gasteiger partial charge < -0.3 is 19.5 Å². The summed E-state index contributed by atoms with van der Waals surface area (Å²) in [6.45, 7) is 9.22. The number of nitrogens with zero attached hydrogens (tertiary/aromatic N) is 1. The van der Waals surface area contributed by atoms with Crippen molar-refractivity contribution in [1.82, 2.24) is 10.2 Å². The third-order valence-corrected chi connectivity index (χ3v) is 4.74. The molecule has 1 aliphatic heterocycles. The van der Waals surface area contributed by atoms with Crippen molar-refractivity contribution in [2.75, 3.05) is 46.5 Å². The van der Waals surface area contributed by atoms with Crippen molar-refractivity contribution in [2.24, 2.45) is 0 Å². The molecule has 0 aliphatic carbocycles. The largest absolute Gasteiger partial charge is 0.493 e. The highest BCUT2D eigenvalue weighted by Gasteiger charge is 2.10. The fourth-order valence-electron chi connectivity index (χ4n) is 3.20. The number of nitrogens with one attached hydrogen (secondary N) is 1. The summed E-state index contributed by atoms with van der Waals surface area (Å²) in [7, 11) is 1.69. The molecule has 0 spiro atoms. The Labute approximate surface area is 162 Å². The van der Waals surface area contributed by atoms with Gasteiger partial charge in [-0.25, -0.2) is 0 Å². The Morgan fingerprint density at radius 1 is 1.04 bits per heavy atom. The molecule has 0 radical (unpaired) electrons. The maximum absolute atomic E-state index is 5.97. The number of ether oxygens (including phenoxy) is 3. The number of morpholine rings is 1. The maximum atomic E-state index is 5.97. The van der Waals surface area contributed by atoms with E-state index in [9.17, 15) is 0 Å². The van der Waals surface area contributed by atoms with Crippen molar-refractivity contribution in [3.63, 3.8) is 0 Å². The molecule has 0 aromatic heterocycles. The van der Waals surface area contributed by atoms with Gasteiger partial charge in [-0.3, -0.25) is 4.90 Å². The first-order chi connectivity index (χ1) is 13.2. The average Bonchev–Trinajstić information content (AvgIpc) is 2.71. The summed E-state index contributed by atoms with van der Waals surface area (Å²) in [5, 5.41) is 3.50. The molecule has 0 bridgehead atoms. The SMILES string of the molecule is COc1cc(CNCCN2CCOCC2)ccc1OCc1cccc(C)c1. The van der Waals surface area contributed by atoms with Crippen LogP contribution in [0.5, 0.6) is 11.5 Å². The van der Waals surface area contributed by atoms with Crippen molar-refractivity contribution in [1.29, 1.82) is 0 Å². The number of hydrogen-bond acceptors (Lipinski definition) is 5. The predicted molar refractivity (Wildman–Crippen MR) is 107 cm³/mol. The molecule has 146 valence electrons. The minimum atomic E-state index is 0.537. The molecule has 0 saturated carbocycles. The second kappa shape index (κ2) is 10.3. The molecular formula is C22H30N2O3. The standard InChI is InChI=1S/C22H30N2O3/c1-18-4-3-5-20(14-18)17-27-21-7-6-19(15-22(21)25-2)16-23-8-9-24-10-12-26-13-11-24/h3-7,14-15,23H,8-13,16-17H2,1-2H3. The van der Waals surface area contributed by atoms with Gasteiger partial charge in [-0.15, -0.1) is 0 Å². The van der Waals surface area contributed by atoms with E-state index in [2.05, 4.69) is 47.5 Å². The van der Waals surface area contributed by atoms with Gasteiger partial charge in [0.1, 0.15) is 6.61 Å². The number of aryl methyl sites for hydroxylation is 1. The van der Waals surface area contributed by atoms with E-state index in [4.69, 9.17) is 14.2 Å². The highest BCUT2D eigenvalue weighted by Crippen LogP contribution is 2.29. The predicted octanol–water partition coefficient (Wildman–Crippen LogP) is 3.00. The quantitative estimate of drug-likeness (QED) is 0.688. The van der Waals surface area contributed by atoms with Crippen LogP contribution in [-0.2, 0) is 17.9 Å². The van der Waals surface area contributed by atoms with Gasteiger partial charge in [0.2, 0.25) is 0 Å². The Balaban J connectivity index is 1.47.